The topological polar surface area (TPSA) is 76.1 Å². The molecular weight excluding hydrogens is 434 g/mol. The van der Waals surface area contributed by atoms with Crippen molar-refractivity contribution >= 4 is 57.9 Å². The maximum absolute atomic E-state index is 12.4. The molecule has 1 heterocycles. The molecular formula is C20H16ClNO5S2. The lowest BCUT2D eigenvalue weighted by atomic mass is 10.1. The maximum Gasteiger partial charge on any atom is 0.323 e. The van der Waals surface area contributed by atoms with Crippen molar-refractivity contribution in [1.82, 2.24) is 4.90 Å². The van der Waals surface area contributed by atoms with Crippen LogP contribution in [0.1, 0.15) is 11.1 Å². The number of halogens is 1. The highest BCUT2D eigenvalue weighted by Crippen LogP contribution is 2.34. The van der Waals surface area contributed by atoms with Gasteiger partial charge in [0.25, 0.3) is 5.91 Å². The Balaban J connectivity index is 1.75. The van der Waals surface area contributed by atoms with Gasteiger partial charge < -0.3 is 14.6 Å². The number of carbonyl (C=O) groups is 2. The van der Waals surface area contributed by atoms with Crippen LogP contribution in [0.2, 0.25) is 5.02 Å². The Kier molecular flexibility index (Phi) is 6.79. The number of carboxylic acids is 1. The van der Waals surface area contributed by atoms with E-state index in [2.05, 4.69) is 0 Å². The minimum absolute atomic E-state index is 0.221. The number of nitrogens with zero attached hydrogens (tertiary/aromatic N) is 1. The molecule has 0 spiro atoms. The third-order valence-electron chi connectivity index (χ3n) is 3.96. The largest absolute Gasteiger partial charge is 0.493 e. The highest BCUT2D eigenvalue weighted by atomic mass is 35.5. The number of carbonyl (C=O) groups excluding carboxylic acids is 1. The van der Waals surface area contributed by atoms with E-state index in [-0.39, 0.29) is 4.32 Å². The van der Waals surface area contributed by atoms with Crippen molar-refractivity contribution in [2.24, 2.45) is 0 Å². The normalized spacial score (nSPS) is 15.1. The van der Waals surface area contributed by atoms with E-state index in [4.69, 9.17) is 38.4 Å². The third kappa shape index (κ3) is 5.29. The average molecular weight is 450 g/mol. The molecule has 0 bridgehead atoms. The Morgan fingerprint density at radius 3 is 2.62 bits per heavy atom. The van der Waals surface area contributed by atoms with Gasteiger partial charge in [-0.3, -0.25) is 14.5 Å². The van der Waals surface area contributed by atoms with E-state index in [1.165, 1.54) is 7.11 Å². The highest BCUT2D eigenvalue weighted by Gasteiger charge is 2.33. The molecule has 1 amide bonds. The van der Waals surface area contributed by atoms with Gasteiger partial charge in [0.2, 0.25) is 0 Å². The van der Waals surface area contributed by atoms with Crippen LogP contribution in [0.3, 0.4) is 0 Å². The van der Waals surface area contributed by atoms with Crippen LogP contribution in [-0.4, -0.2) is 39.9 Å². The van der Waals surface area contributed by atoms with Crippen LogP contribution < -0.4 is 9.47 Å². The van der Waals surface area contributed by atoms with Crippen LogP contribution in [0.5, 0.6) is 11.5 Å². The SMILES string of the molecule is COc1cc(/C=C2/SC(=S)N(CC(=O)O)C2=O)ccc1OCc1ccc(Cl)cc1. The van der Waals surface area contributed by atoms with Crippen molar-refractivity contribution < 1.29 is 24.2 Å². The van der Waals surface area contributed by atoms with Gasteiger partial charge in [-0.15, -0.1) is 0 Å². The molecule has 0 saturated carbocycles. The van der Waals surface area contributed by atoms with E-state index >= 15 is 0 Å². The van der Waals surface area contributed by atoms with Crippen LogP contribution in [0, 0.1) is 0 Å². The minimum Gasteiger partial charge on any atom is -0.493 e. The summed E-state index contributed by atoms with van der Waals surface area (Å²) in [7, 11) is 1.53. The minimum atomic E-state index is -1.12. The second-order valence-electron chi connectivity index (χ2n) is 5.99. The number of carboxylic acid groups (broad SMARTS) is 1. The Bertz CT molecular complexity index is 991. The average Bonchev–Trinajstić information content (AvgIpc) is 2.95. The first-order valence-corrected chi connectivity index (χ1v) is 10.00. The zero-order chi connectivity index (χ0) is 21.0. The Morgan fingerprint density at radius 2 is 1.97 bits per heavy atom. The van der Waals surface area contributed by atoms with E-state index < -0.39 is 18.4 Å². The van der Waals surface area contributed by atoms with Gasteiger partial charge in [-0.2, -0.15) is 0 Å². The fourth-order valence-electron chi connectivity index (χ4n) is 2.56. The van der Waals surface area contributed by atoms with Gasteiger partial charge >= 0.3 is 5.97 Å². The highest BCUT2D eigenvalue weighted by molar-refractivity contribution is 8.26. The molecule has 1 aliphatic rings. The number of rotatable bonds is 7. The molecule has 0 unspecified atom stereocenters. The summed E-state index contributed by atoms with van der Waals surface area (Å²) in [6, 6.07) is 12.6. The second kappa shape index (κ2) is 9.30. The first-order chi connectivity index (χ1) is 13.9. The Morgan fingerprint density at radius 1 is 1.24 bits per heavy atom. The number of methoxy groups -OCH3 is 1. The monoisotopic (exact) mass is 449 g/mol. The summed E-state index contributed by atoms with van der Waals surface area (Å²) in [6.45, 7) is -0.108. The molecule has 0 aliphatic carbocycles. The number of thiocarbonyl (C=S) groups is 1. The lowest BCUT2D eigenvalue weighted by Gasteiger charge is -2.12. The van der Waals surface area contributed by atoms with Crippen molar-refractivity contribution in [1.29, 1.82) is 0 Å². The first-order valence-electron chi connectivity index (χ1n) is 8.40. The summed E-state index contributed by atoms with van der Waals surface area (Å²) in [6.07, 6.45) is 1.65. The van der Waals surface area contributed by atoms with Crippen molar-refractivity contribution in [2.45, 2.75) is 6.61 Å². The van der Waals surface area contributed by atoms with Gasteiger partial charge in [0.1, 0.15) is 17.5 Å². The number of benzene rings is 2. The fourth-order valence-corrected chi connectivity index (χ4v) is 3.94. The first kappa shape index (κ1) is 21.2. The molecule has 0 atom stereocenters. The number of ether oxygens (including phenoxy) is 2. The van der Waals surface area contributed by atoms with Gasteiger partial charge in [-0.1, -0.05) is 53.8 Å². The summed E-state index contributed by atoms with van der Waals surface area (Å²) in [4.78, 5) is 24.7. The molecule has 1 saturated heterocycles. The summed E-state index contributed by atoms with van der Waals surface area (Å²) in [5, 5.41) is 9.57. The Labute approximate surface area is 182 Å². The molecule has 29 heavy (non-hydrogen) atoms. The molecule has 150 valence electrons. The van der Waals surface area contributed by atoms with Gasteiger partial charge in [-0.25, -0.2) is 0 Å². The van der Waals surface area contributed by atoms with Crippen LogP contribution >= 0.6 is 35.6 Å². The summed E-state index contributed by atoms with van der Waals surface area (Å²) in [5.74, 6) is -0.484. The van der Waals surface area contributed by atoms with E-state index in [0.29, 0.717) is 33.6 Å². The van der Waals surface area contributed by atoms with Gasteiger partial charge in [-0.05, 0) is 41.5 Å². The van der Waals surface area contributed by atoms with E-state index in [9.17, 15) is 9.59 Å². The summed E-state index contributed by atoms with van der Waals surface area (Å²) < 4.78 is 11.4. The maximum atomic E-state index is 12.4. The molecule has 0 aromatic heterocycles. The lowest BCUT2D eigenvalue weighted by Crippen LogP contribution is -2.33. The number of hydrogen-bond donors (Lipinski definition) is 1. The molecule has 0 radical (unpaired) electrons. The molecule has 2 aromatic rings. The van der Waals surface area contributed by atoms with E-state index in [1.807, 2.05) is 12.1 Å². The number of aliphatic carboxylic acids is 1. The molecule has 1 fully saturated rings. The van der Waals surface area contributed by atoms with Crippen LogP contribution in [0.25, 0.3) is 6.08 Å². The van der Waals surface area contributed by atoms with Crippen molar-refractivity contribution in [2.75, 3.05) is 13.7 Å². The van der Waals surface area contributed by atoms with Crippen molar-refractivity contribution in [3.63, 3.8) is 0 Å². The van der Waals surface area contributed by atoms with Gasteiger partial charge in [0.05, 0.1) is 12.0 Å². The van der Waals surface area contributed by atoms with Crippen molar-refractivity contribution in [3.05, 3.63) is 63.5 Å². The molecule has 3 rings (SSSR count). The number of amides is 1. The summed E-state index contributed by atoms with van der Waals surface area (Å²) in [5.41, 5.74) is 1.67. The van der Waals surface area contributed by atoms with Crippen LogP contribution in [0.4, 0.5) is 0 Å². The zero-order valence-electron chi connectivity index (χ0n) is 15.3. The number of hydrogen-bond acceptors (Lipinski definition) is 6. The molecule has 9 heteroatoms. The van der Waals surface area contributed by atoms with Crippen LogP contribution in [0.15, 0.2) is 47.4 Å². The molecule has 2 aromatic carbocycles. The Hall–Kier alpha value is -2.55. The summed E-state index contributed by atoms with van der Waals surface area (Å²) >= 11 is 12.1. The predicted octanol–water partition coefficient (Wildman–Crippen LogP) is 4.21. The molecule has 1 aliphatic heterocycles. The number of thioether (sulfide) groups is 1. The predicted molar refractivity (Wildman–Crippen MR) is 116 cm³/mol. The van der Waals surface area contributed by atoms with E-state index in [1.54, 1.807) is 36.4 Å². The van der Waals surface area contributed by atoms with Crippen molar-refractivity contribution in [3.8, 4) is 11.5 Å². The zero-order valence-corrected chi connectivity index (χ0v) is 17.6. The quantitative estimate of drug-likeness (QED) is 0.501. The fraction of sp³-hybridized carbons (Fsp3) is 0.150. The molecule has 6 nitrogen and oxygen atoms in total. The second-order valence-corrected chi connectivity index (χ2v) is 8.10. The molecule has 1 N–H and O–H groups in total. The standard InChI is InChI=1S/C20H16ClNO5S2/c1-26-16-8-13(9-17-19(25)22(10-18(23)24)20(28)29-17)4-7-15(16)27-11-12-2-5-14(21)6-3-12/h2-9H,10-11H2,1H3,(H,23,24)/b17-9+. The van der Waals surface area contributed by atoms with Gasteiger partial charge in [0.15, 0.2) is 11.5 Å². The van der Waals surface area contributed by atoms with Gasteiger partial charge in [0, 0.05) is 5.02 Å². The lowest BCUT2D eigenvalue weighted by molar-refractivity contribution is -0.140. The smallest absolute Gasteiger partial charge is 0.323 e. The third-order valence-corrected chi connectivity index (χ3v) is 5.59. The van der Waals surface area contributed by atoms with Crippen LogP contribution in [-0.2, 0) is 16.2 Å². The van der Waals surface area contributed by atoms with E-state index in [0.717, 1.165) is 22.2 Å².